The Morgan fingerprint density at radius 1 is 1.42 bits per heavy atom. The first-order chi connectivity index (χ1) is 5.66. The van der Waals surface area contributed by atoms with Gasteiger partial charge in [-0.15, -0.1) is 0 Å². The summed E-state index contributed by atoms with van der Waals surface area (Å²) in [6.07, 6.45) is 3.31. The van der Waals surface area contributed by atoms with Gasteiger partial charge in [0.2, 0.25) is 0 Å². The maximum atomic E-state index is 11.4. The van der Waals surface area contributed by atoms with Crippen molar-refractivity contribution in [2.45, 2.75) is 26.8 Å². The summed E-state index contributed by atoms with van der Waals surface area (Å²) >= 11 is 0. The minimum atomic E-state index is -0.205. The maximum Gasteiger partial charge on any atom is 0.368 e. The molecule has 1 aromatic rings. The number of hydrogen-bond donors (Lipinski definition) is 0. The van der Waals surface area contributed by atoms with Crippen LogP contribution in [0.15, 0.2) is 10.9 Å². The normalized spacial score (nSPS) is 11.7. The van der Waals surface area contributed by atoms with E-state index < -0.39 is 0 Å². The first kappa shape index (κ1) is 8.70. The molecule has 0 N–H and O–H groups in total. The van der Waals surface area contributed by atoms with Crippen molar-refractivity contribution in [2.24, 2.45) is 0 Å². The molecule has 0 aromatic carbocycles. The van der Waals surface area contributed by atoms with E-state index in [9.17, 15) is 4.79 Å². The summed E-state index contributed by atoms with van der Waals surface area (Å²) in [5.74, 6) is 0. The number of rotatable bonds is 2. The summed E-state index contributed by atoms with van der Waals surface area (Å²) in [4.78, 5) is 11.4. The molecule has 1 aromatic heterocycles. The summed E-state index contributed by atoms with van der Waals surface area (Å²) in [6.45, 7) is 5.59. The van der Waals surface area contributed by atoms with Crippen molar-refractivity contribution in [1.29, 1.82) is 0 Å². The van der Waals surface area contributed by atoms with Crippen molar-refractivity contribution in [3.63, 3.8) is 0 Å². The van der Waals surface area contributed by atoms with Gasteiger partial charge in [0.1, 0.15) is 0 Å². The third-order valence-electron chi connectivity index (χ3n) is 1.40. The summed E-state index contributed by atoms with van der Waals surface area (Å²) in [7, 11) is 0. The first-order valence-electron chi connectivity index (χ1n) is 3.83. The average Bonchev–Trinajstić information content (AvgIpc) is 2.34. The highest BCUT2D eigenvalue weighted by Crippen LogP contribution is 1.93. The van der Waals surface area contributed by atoms with Crippen molar-refractivity contribution < 1.29 is 0 Å². The molecular formula is C7H12N4O. The average molecular weight is 168 g/mol. The predicted octanol–water partition coefficient (Wildman–Crippen LogP) is 0.511. The molecule has 0 radical (unpaired) electrons. The second-order valence-electron chi connectivity index (χ2n) is 2.73. The third kappa shape index (κ3) is 1.44. The van der Waals surface area contributed by atoms with E-state index in [4.69, 9.17) is 0 Å². The predicted molar refractivity (Wildman–Crippen MR) is 45.7 cm³/mol. The molecule has 66 valence electrons. The van der Waals surface area contributed by atoms with Gasteiger partial charge in [0.25, 0.3) is 0 Å². The lowest BCUT2D eigenvalue weighted by Gasteiger charge is -1.98. The molecule has 1 heterocycles. The van der Waals surface area contributed by atoms with E-state index in [1.165, 1.54) is 9.36 Å². The van der Waals surface area contributed by atoms with Crippen molar-refractivity contribution in [2.75, 3.05) is 0 Å². The fraction of sp³-hybridized carbons (Fsp3) is 0.571. The van der Waals surface area contributed by atoms with E-state index in [2.05, 4.69) is 10.4 Å². The van der Waals surface area contributed by atoms with Crippen molar-refractivity contribution in [3.8, 4) is 0 Å². The van der Waals surface area contributed by atoms with E-state index in [1.54, 1.807) is 12.3 Å². The zero-order valence-electron chi connectivity index (χ0n) is 7.43. The minimum Gasteiger partial charge on any atom is -0.244 e. The van der Waals surface area contributed by atoms with Crippen LogP contribution in [0.2, 0.25) is 0 Å². The SMILES string of the molecule is C/C=C\n1nnn(C(C)C)c1=O. The lowest BCUT2D eigenvalue weighted by Crippen LogP contribution is -2.24. The highest BCUT2D eigenvalue weighted by atomic mass is 16.2. The Labute approximate surface area is 70.3 Å². The van der Waals surface area contributed by atoms with Gasteiger partial charge in [0.05, 0.1) is 6.04 Å². The van der Waals surface area contributed by atoms with Crippen molar-refractivity contribution in [3.05, 3.63) is 16.6 Å². The molecule has 0 saturated carbocycles. The van der Waals surface area contributed by atoms with E-state index in [1.807, 2.05) is 20.8 Å². The lowest BCUT2D eigenvalue weighted by molar-refractivity contribution is 0.500. The second kappa shape index (κ2) is 3.34. The number of hydrogen-bond acceptors (Lipinski definition) is 3. The summed E-state index contributed by atoms with van der Waals surface area (Å²) < 4.78 is 2.54. The Bertz CT molecular complexity index is 333. The molecule has 0 saturated heterocycles. The number of aromatic nitrogens is 4. The zero-order chi connectivity index (χ0) is 9.14. The maximum absolute atomic E-state index is 11.4. The molecule has 0 atom stereocenters. The monoisotopic (exact) mass is 168 g/mol. The molecule has 0 aliphatic rings. The van der Waals surface area contributed by atoms with Gasteiger partial charge in [0.15, 0.2) is 0 Å². The van der Waals surface area contributed by atoms with E-state index in [0.717, 1.165) is 0 Å². The van der Waals surface area contributed by atoms with Crippen LogP contribution in [0.1, 0.15) is 26.8 Å². The fourth-order valence-corrected chi connectivity index (χ4v) is 0.827. The van der Waals surface area contributed by atoms with Crippen molar-refractivity contribution in [1.82, 2.24) is 19.8 Å². The van der Waals surface area contributed by atoms with Crippen LogP contribution in [0.5, 0.6) is 0 Å². The number of allylic oxidation sites excluding steroid dienone is 1. The molecule has 0 unspecified atom stereocenters. The Hall–Kier alpha value is -1.39. The van der Waals surface area contributed by atoms with Crippen LogP contribution < -0.4 is 5.69 Å². The first-order valence-corrected chi connectivity index (χ1v) is 3.83. The molecule has 12 heavy (non-hydrogen) atoms. The Morgan fingerprint density at radius 2 is 2.08 bits per heavy atom. The Morgan fingerprint density at radius 3 is 2.50 bits per heavy atom. The largest absolute Gasteiger partial charge is 0.368 e. The number of nitrogens with zero attached hydrogens (tertiary/aromatic N) is 4. The van der Waals surface area contributed by atoms with Crippen LogP contribution >= 0.6 is 0 Å². The van der Waals surface area contributed by atoms with Crippen LogP contribution in [-0.4, -0.2) is 19.8 Å². The quantitative estimate of drug-likeness (QED) is 0.646. The smallest absolute Gasteiger partial charge is 0.244 e. The summed E-state index contributed by atoms with van der Waals surface area (Å²) in [6, 6.07) is 0.0523. The topological polar surface area (TPSA) is 52.7 Å². The van der Waals surface area contributed by atoms with Gasteiger partial charge in [-0.2, -0.15) is 9.36 Å². The Balaban J connectivity index is 3.14. The van der Waals surface area contributed by atoms with Gasteiger partial charge >= 0.3 is 5.69 Å². The van der Waals surface area contributed by atoms with Crippen LogP contribution in [0.4, 0.5) is 0 Å². The van der Waals surface area contributed by atoms with Gasteiger partial charge in [-0.05, 0) is 31.2 Å². The van der Waals surface area contributed by atoms with Crippen molar-refractivity contribution >= 4 is 6.20 Å². The molecule has 0 fully saturated rings. The summed E-state index contributed by atoms with van der Waals surface area (Å²) in [5.41, 5.74) is -0.205. The van der Waals surface area contributed by atoms with Crippen LogP contribution in [0.3, 0.4) is 0 Å². The molecule has 0 aliphatic heterocycles. The van der Waals surface area contributed by atoms with Gasteiger partial charge in [-0.3, -0.25) is 0 Å². The van der Waals surface area contributed by atoms with Crippen LogP contribution in [-0.2, 0) is 0 Å². The van der Waals surface area contributed by atoms with Crippen LogP contribution in [0.25, 0.3) is 6.20 Å². The van der Waals surface area contributed by atoms with Gasteiger partial charge < -0.3 is 0 Å². The highest BCUT2D eigenvalue weighted by Gasteiger charge is 2.06. The van der Waals surface area contributed by atoms with E-state index >= 15 is 0 Å². The van der Waals surface area contributed by atoms with Crippen LogP contribution in [0, 0.1) is 0 Å². The molecule has 1 rings (SSSR count). The lowest BCUT2D eigenvalue weighted by atomic mass is 10.4. The Kier molecular flexibility index (Phi) is 2.42. The second-order valence-corrected chi connectivity index (χ2v) is 2.73. The molecule has 0 amide bonds. The fourth-order valence-electron chi connectivity index (χ4n) is 0.827. The van der Waals surface area contributed by atoms with Gasteiger partial charge in [-0.25, -0.2) is 4.79 Å². The minimum absolute atomic E-state index is 0.0523. The molecule has 0 aliphatic carbocycles. The van der Waals surface area contributed by atoms with E-state index in [-0.39, 0.29) is 11.7 Å². The highest BCUT2D eigenvalue weighted by molar-refractivity contribution is 5.15. The van der Waals surface area contributed by atoms with Gasteiger partial charge in [0, 0.05) is 6.20 Å². The molecule has 0 bridgehead atoms. The zero-order valence-corrected chi connectivity index (χ0v) is 7.43. The standard InChI is InChI=1S/C7H12N4O/c1-4-5-10-7(12)11(6(2)3)9-8-10/h4-6H,1-3H3/b5-4-. The van der Waals surface area contributed by atoms with Gasteiger partial charge in [-0.1, -0.05) is 6.08 Å². The number of tetrazole rings is 1. The summed E-state index contributed by atoms with van der Waals surface area (Å²) in [5, 5.41) is 7.36. The third-order valence-corrected chi connectivity index (χ3v) is 1.40. The molecule has 5 heteroatoms. The molecule has 0 spiro atoms. The molecular weight excluding hydrogens is 156 g/mol. The molecule has 5 nitrogen and oxygen atoms in total. The van der Waals surface area contributed by atoms with E-state index in [0.29, 0.717) is 0 Å².